The third-order valence-corrected chi connectivity index (χ3v) is 3.85. The molecule has 0 fully saturated rings. The molecule has 0 atom stereocenters. The number of carbonyl (C=O) groups is 1. The minimum atomic E-state index is -0.303. The number of halogens is 1. The van der Waals surface area contributed by atoms with Crippen molar-refractivity contribution < 1.29 is 23.4 Å². The predicted octanol–water partition coefficient (Wildman–Crippen LogP) is 2.65. The normalized spacial score (nSPS) is 10.4. The number of hydrogen-bond donors (Lipinski definition) is 2. The molecule has 2 N–H and O–H groups in total. The van der Waals surface area contributed by atoms with Gasteiger partial charge in [-0.1, -0.05) is 6.07 Å². The van der Waals surface area contributed by atoms with Gasteiger partial charge in [-0.15, -0.1) is 0 Å². The van der Waals surface area contributed by atoms with E-state index in [0.29, 0.717) is 36.9 Å². The van der Waals surface area contributed by atoms with E-state index >= 15 is 0 Å². The zero-order chi connectivity index (χ0) is 19.6. The van der Waals surface area contributed by atoms with Crippen LogP contribution < -0.4 is 24.8 Å². The number of carbonyl (C=O) groups excluding carboxylic acids is 1. The highest BCUT2D eigenvalue weighted by molar-refractivity contribution is 5.77. The molecule has 0 radical (unpaired) electrons. The number of amides is 1. The van der Waals surface area contributed by atoms with E-state index in [-0.39, 0.29) is 18.3 Å². The fourth-order valence-electron chi connectivity index (χ4n) is 2.56. The smallest absolute Gasteiger partial charge is 0.257 e. The second-order valence-electron chi connectivity index (χ2n) is 5.79. The van der Waals surface area contributed by atoms with Crippen molar-refractivity contribution >= 4 is 5.91 Å². The van der Waals surface area contributed by atoms with Crippen molar-refractivity contribution in [3.8, 4) is 17.2 Å². The van der Waals surface area contributed by atoms with Crippen LogP contribution in [0.25, 0.3) is 0 Å². The summed E-state index contributed by atoms with van der Waals surface area (Å²) in [6, 6.07) is 9.90. The third-order valence-electron chi connectivity index (χ3n) is 3.85. The van der Waals surface area contributed by atoms with Gasteiger partial charge >= 0.3 is 0 Å². The summed E-state index contributed by atoms with van der Waals surface area (Å²) < 4.78 is 29.5. The predicted molar refractivity (Wildman–Crippen MR) is 101 cm³/mol. The highest BCUT2D eigenvalue weighted by Gasteiger charge is 2.09. The molecular weight excluding hydrogens is 351 g/mol. The first kappa shape index (κ1) is 20.5. The van der Waals surface area contributed by atoms with Gasteiger partial charge in [0.25, 0.3) is 5.91 Å². The minimum absolute atomic E-state index is 0.0683. The fourth-order valence-corrected chi connectivity index (χ4v) is 2.56. The van der Waals surface area contributed by atoms with Gasteiger partial charge in [-0.3, -0.25) is 4.79 Å². The molecule has 0 aliphatic heterocycles. The summed E-state index contributed by atoms with van der Waals surface area (Å²) in [5, 5.41) is 5.92. The van der Waals surface area contributed by atoms with Gasteiger partial charge in [-0.05, 0) is 42.8 Å². The van der Waals surface area contributed by atoms with Crippen LogP contribution in [-0.4, -0.2) is 33.3 Å². The molecule has 2 aromatic carbocycles. The maximum absolute atomic E-state index is 13.4. The molecular formula is C20H25FN2O4. The molecule has 0 spiro atoms. The third kappa shape index (κ3) is 6.14. The lowest BCUT2D eigenvalue weighted by molar-refractivity contribution is -0.123. The van der Waals surface area contributed by atoms with Crippen molar-refractivity contribution in [3.05, 3.63) is 53.3 Å². The van der Waals surface area contributed by atoms with Crippen molar-refractivity contribution in [2.24, 2.45) is 0 Å². The molecule has 2 rings (SSSR count). The first-order chi connectivity index (χ1) is 13.1. The number of rotatable bonds is 10. The lowest BCUT2D eigenvalue weighted by Gasteiger charge is -2.13. The van der Waals surface area contributed by atoms with Crippen molar-refractivity contribution in [2.45, 2.75) is 20.0 Å². The Morgan fingerprint density at radius 2 is 1.74 bits per heavy atom. The van der Waals surface area contributed by atoms with Gasteiger partial charge in [0.1, 0.15) is 11.6 Å². The second-order valence-corrected chi connectivity index (χ2v) is 5.79. The average Bonchev–Trinajstić information content (AvgIpc) is 2.67. The van der Waals surface area contributed by atoms with Crippen LogP contribution in [0.1, 0.15) is 18.1 Å². The maximum Gasteiger partial charge on any atom is 0.257 e. The summed E-state index contributed by atoms with van der Waals surface area (Å²) in [4.78, 5) is 11.5. The van der Waals surface area contributed by atoms with E-state index < -0.39 is 0 Å². The maximum atomic E-state index is 13.4. The van der Waals surface area contributed by atoms with Crippen LogP contribution in [0.4, 0.5) is 4.39 Å². The average molecular weight is 376 g/mol. The molecule has 0 bridgehead atoms. The Morgan fingerprint density at radius 1 is 1.00 bits per heavy atom. The number of benzene rings is 2. The van der Waals surface area contributed by atoms with E-state index in [9.17, 15) is 9.18 Å². The first-order valence-electron chi connectivity index (χ1n) is 8.67. The molecule has 7 heteroatoms. The number of likely N-dealkylation sites (N-methyl/N-ethyl adjacent to an activating group) is 1. The van der Waals surface area contributed by atoms with Crippen LogP contribution >= 0.6 is 0 Å². The molecule has 27 heavy (non-hydrogen) atoms. The zero-order valence-electron chi connectivity index (χ0n) is 15.8. The summed E-state index contributed by atoms with van der Waals surface area (Å²) in [6.45, 7) is 3.34. The van der Waals surface area contributed by atoms with Crippen LogP contribution in [0.3, 0.4) is 0 Å². The Balaban J connectivity index is 1.95. The summed E-state index contributed by atoms with van der Waals surface area (Å²) in [5.41, 5.74) is 1.71. The minimum Gasteiger partial charge on any atom is -0.496 e. The summed E-state index contributed by atoms with van der Waals surface area (Å²) in [5.74, 6) is 1.19. The molecule has 0 aliphatic carbocycles. The standard InChI is InChI=1S/C20H25FN2O4/c1-4-23-20(24)13-27-18-7-5-14(9-19(18)26-3)11-22-12-15-10-16(21)6-8-17(15)25-2/h5-10,22H,4,11-13H2,1-3H3,(H,23,24). The summed E-state index contributed by atoms with van der Waals surface area (Å²) in [7, 11) is 3.10. The molecule has 2 aromatic rings. The lowest BCUT2D eigenvalue weighted by atomic mass is 10.1. The number of nitrogens with one attached hydrogen (secondary N) is 2. The number of ether oxygens (including phenoxy) is 3. The van der Waals surface area contributed by atoms with Gasteiger partial charge in [0.15, 0.2) is 18.1 Å². The van der Waals surface area contributed by atoms with E-state index in [1.165, 1.54) is 12.1 Å². The lowest BCUT2D eigenvalue weighted by Crippen LogP contribution is -2.28. The second kappa shape index (κ2) is 10.4. The van der Waals surface area contributed by atoms with Gasteiger partial charge in [-0.25, -0.2) is 4.39 Å². The molecule has 0 saturated heterocycles. The fraction of sp³-hybridized carbons (Fsp3) is 0.350. The Morgan fingerprint density at radius 3 is 2.44 bits per heavy atom. The van der Waals surface area contributed by atoms with Crippen molar-refractivity contribution in [1.29, 1.82) is 0 Å². The highest BCUT2D eigenvalue weighted by atomic mass is 19.1. The Bertz CT molecular complexity index is 768. The molecule has 1 amide bonds. The quantitative estimate of drug-likeness (QED) is 0.667. The first-order valence-corrected chi connectivity index (χ1v) is 8.67. The van der Waals surface area contributed by atoms with Crippen LogP contribution in [0.15, 0.2) is 36.4 Å². The molecule has 6 nitrogen and oxygen atoms in total. The van der Waals surface area contributed by atoms with E-state index in [1.807, 2.05) is 19.1 Å². The molecule has 0 saturated carbocycles. The van der Waals surface area contributed by atoms with Crippen LogP contribution in [0.2, 0.25) is 0 Å². The Labute approximate surface area is 158 Å². The largest absolute Gasteiger partial charge is 0.496 e. The van der Waals surface area contributed by atoms with E-state index in [1.54, 1.807) is 26.4 Å². The van der Waals surface area contributed by atoms with Crippen LogP contribution in [-0.2, 0) is 17.9 Å². The van der Waals surface area contributed by atoms with Crippen molar-refractivity contribution in [1.82, 2.24) is 10.6 Å². The number of methoxy groups -OCH3 is 2. The Kier molecular flexibility index (Phi) is 7.88. The highest BCUT2D eigenvalue weighted by Crippen LogP contribution is 2.28. The SMILES string of the molecule is CCNC(=O)COc1ccc(CNCc2cc(F)ccc2OC)cc1OC. The van der Waals surface area contributed by atoms with Gasteiger partial charge in [0.05, 0.1) is 14.2 Å². The van der Waals surface area contributed by atoms with Gasteiger partial charge in [0.2, 0.25) is 0 Å². The van der Waals surface area contributed by atoms with Crippen molar-refractivity contribution in [3.63, 3.8) is 0 Å². The van der Waals surface area contributed by atoms with Gasteiger partial charge in [-0.2, -0.15) is 0 Å². The van der Waals surface area contributed by atoms with Crippen LogP contribution in [0, 0.1) is 5.82 Å². The summed E-state index contributed by atoms with van der Waals surface area (Å²) >= 11 is 0. The molecule has 0 aliphatic rings. The van der Waals surface area contributed by atoms with E-state index in [4.69, 9.17) is 14.2 Å². The number of hydrogen-bond acceptors (Lipinski definition) is 5. The molecule has 0 unspecified atom stereocenters. The Hall–Kier alpha value is -2.80. The monoisotopic (exact) mass is 376 g/mol. The zero-order valence-corrected chi connectivity index (χ0v) is 15.8. The molecule has 146 valence electrons. The topological polar surface area (TPSA) is 68.8 Å². The van der Waals surface area contributed by atoms with Crippen LogP contribution in [0.5, 0.6) is 17.2 Å². The molecule has 0 heterocycles. The summed E-state index contributed by atoms with van der Waals surface area (Å²) in [6.07, 6.45) is 0. The molecule has 0 aromatic heterocycles. The van der Waals surface area contributed by atoms with E-state index in [2.05, 4.69) is 10.6 Å². The van der Waals surface area contributed by atoms with Gasteiger partial charge < -0.3 is 24.8 Å². The van der Waals surface area contributed by atoms with Gasteiger partial charge in [0, 0.05) is 25.2 Å². The van der Waals surface area contributed by atoms with E-state index in [0.717, 1.165) is 11.1 Å². The van der Waals surface area contributed by atoms with Crippen molar-refractivity contribution in [2.75, 3.05) is 27.4 Å².